The van der Waals surface area contributed by atoms with Crippen molar-refractivity contribution in [2.75, 3.05) is 0 Å². The third-order valence-corrected chi connectivity index (χ3v) is 2.53. The van der Waals surface area contributed by atoms with E-state index in [0.717, 1.165) is 0 Å². The summed E-state index contributed by atoms with van der Waals surface area (Å²) in [6.45, 7) is 0. The fourth-order valence-corrected chi connectivity index (χ4v) is 1.53. The third-order valence-electron chi connectivity index (χ3n) is 2.53. The van der Waals surface area contributed by atoms with Crippen LogP contribution in [0.15, 0.2) is 24.5 Å². The molecule has 0 unspecified atom stereocenters. The van der Waals surface area contributed by atoms with Crippen molar-refractivity contribution in [2.24, 2.45) is 0 Å². The van der Waals surface area contributed by atoms with E-state index < -0.39 is 11.6 Å². The molecule has 1 aromatic heterocycles. The normalized spacial score (nSPS) is 19.9. The molecule has 0 atom stereocenters. The van der Waals surface area contributed by atoms with E-state index in [2.05, 4.69) is 4.98 Å². The second-order valence-corrected chi connectivity index (χ2v) is 3.32. The molecule has 2 rings (SSSR count). The lowest BCUT2D eigenvalue weighted by Gasteiger charge is -2.18. The zero-order valence-electron chi connectivity index (χ0n) is 6.80. The second kappa shape index (κ2) is 2.47. The Morgan fingerprint density at radius 3 is 2.08 bits per heavy atom. The van der Waals surface area contributed by atoms with Crippen LogP contribution in [-0.2, 0) is 5.41 Å². The molecule has 1 fully saturated rings. The summed E-state index contributed by atoms with van der Waals surface area (Å²) in [4.78, 5) is 3.70. The molecule has 0 bridgehead atoms. The number of halogens is 3. The summed E-state index contributed by atoms with van der Waals surface area (Å²) >= 11 is 0. The number of nitrogens with zero attached hydrogens (tertiary/aromatic N) is 1. The van der Waals surface area contributed by atoms with Crippen LogP contribution < -0.4 is 0 Å². The van der Waals surface area contributed by atoms with Gasteiger partial charge in [-0.05, 0) is 30.5 Å². The first-order valence-electron chi connectivity index (χ1n) is 4.03. The minimum absolute atomic E-state index is 0.209. The maximum atomic E-state index is 12.6. The van der Waals surface area contributed by atoms with Crippen LogP contribution in [0.3, 0.4) is 0 Å². The van der Waals surface area contributed by atoms with Crippen LogP contribution in [-0.4, -0.2) is 11.2 Å². The predicted octanol–water partition coefficient (Wildman–Crippen LogP) is 2.68. The molecule has 0 aromatic carbocycles. The molecule has 1 heterocycles. The standard InChI is InChI=1S/C9H8F3N/c10-9(11,12)8(3-4-8)7-1-5-13-6-2-7/h1-2,5-6H,3-4H2. The Morgan fingerprint density at radius 1 is 1.15 bits per heavy atom. The number of alkyl halides is 3. The highest BCUT2D eigenvalue weighted by atomic mass is 19.4. The Hall–Kier alpha value is -1.06. The van der Waals surface area contributed by atoms with Crippen LogP contribution in [0, 0.1) is 0 Å². The van der Waals surface area contributed by atoms with Crippen molar-refractivity contribution in [3.8, 4) is 0 Å². The lowest BCUT2D eigenvalue weighted by atomic mass is 9.97. The van der Waals surface area contributed by atoms with Gasteiger partial charge in [0.15, 0.2) is 0 Å². The van der Waals surface area contributed by atoms with E-state index in [0.29, 0.717) is 5.56 Å². The first-order valence-corrected chi connectivity index (χ1v) is 4.03. The van der Waals surface area contributed by atoms with E-state index in [1.807, 2.05) is 0 Å². The van der Waals surface area contributed by atoms with Crippen molar-refractivity contribution >= 4 is 0 Å². The molecule has 0 N–H and O–H groups in total. The van der Waals surface area contributed by atoms with Crippen LogP contribution >= 0.6 is 0 Å². The van der Waals surface area contributed by atoms with E-state index in [1.165, 1.54) is 24.5 Å². The highest BCUT2D eigenvalue weighted by Crippen LogP contribution is 2.58. The summed E-state index contributed by atoms with van der Waals surface area (Å²) < 4.78 is 37.7. The zero-order chi connectivity index (χ0) is 9.53. The largest absolute Gasteiger partial charge is 0.398 e. The van der Waals surface area contributed by atoms with Crippen LogP contribution in [0.25, 0.3) is 0 Å². The van der Waals surface area contributed by atoms with Crippen LogP contribution in [0.5, 0.6) is 0 Å². The monoisotopic (exact) mass is 187 g/mol. The molecule has 1 aliphatic rings. The van der Waals surface area contributed by atoms with E-state index in [1.54, 1.807) is 0 Å². The van der Waals surface area contributed by atoms with Gasteiger partial charge in [-0.1, -0.05) is 0 Å². The molecule has 1 aromatic rings. The first-order chi connectivity index (χ1) is 6.06. The van der Waals surface area contributed by atoms with E-state index in [9.17, 15) is 13.2 Å². The van der Waals surface area contributed by atoms with Gasteiger partial charge in [-0.25, -0.2) is 0 Å². The minimum Gasteiger partial charge on any atom is -0.265 e. The van der Waals surface area contributed by atoms with E-state index in [-0.39, 0.29) is 12.8 Å². The second-order valence-electron chi connectivity index (χ2n) is 3.32. The molecule has 4 heteroatoms. The predicted molar refractivity (Wildman–Crippen MR) is 41.2 cm³/mol. The summed E-state index contributed by atoms with van der Waals surface area (Å²) in [6, 6.07) is 2.89. The quantitative estimate of drug-likeness (QED) is 0.658. The van der Waals surface area contributed by atoms with Gasteiger partial charge in [-0.3, -0.25) is 4.98 Å². The molecule has 0 amide bonds. The first kappa shape index (κ1) is 8.53. The average Bonchev–Trinajstić information content (AvgIpc) is 2.84. The van der Waals surface area contributed by atoms with Crippen molar-refractivity contribution < 1.29 is 13.2 Å². The van der Waals surface area contributed by atoms with Crippen molar-refractivity contribution in [3.63, 3.8) is 0 Å². The maximum absolute atomic E-state index is 12.6. The number of pyridine rings is 1. The van der Waals surface area contributed by atoms with Crippen molar-refractivity contribution in [2.45, 2.75) is 24.4 Å². The highest BCUT2D eigenvalue weighted by molar-refractivity contribution is 5.31. The van der Waals surface area contributed by atoms with Gasteiger partial charge in [0.2, 0.25) is 0 Å². The number of aromatic nitrogens is 1. The smallest absolute Gasteiger partial charge is 0.265 e. The lowest BCUT2D eigenvalue weighted by molar-refractivity contribution is -0.160. The SMILES string of the molecule is FC(F)(F)C1(c2ccncc2)CC1. The van der Waals surface area contributed by atoms with Gasteiger partial charge in [0.25, 0.3) is 0 Å². The summed E-state index contributed by atoms with van der Waals surface area (Å²) in [5, 5.41) is 0. The molecule has 0 aliphatic heterocycles. The maximum Gasteiger partial charge on any atom is 0.398 e. The van der Waals surface area contributed by atoms with E-state index >= 15 is 0 Å². The summed E-state index contributed by atoms with van der Waals surface area (Å²) in [6.07, 6.45) is -0.891. The van der Waals surface area contributed by atoms with Gasteiger partial charge in [0.05, 0.1) is 5.41 Å². The summed E-state index contributed by atoms with van der Waals surface area (Å²) in [7, 11) is 0. The van der Waals surface area contributed by atoms with Crippen LogP contribution in [0.4, 0.5) is 13.2 Å². The number of rotatable bonds is 1. The van der Waals surface area contributed by atoms with Gasteiger partial charge < -0.3 is 0 Å². The summed E-state index contributed by atoms with van der Waals surface area (Å²) in [5.41, 5.74) is -1.22. The van der Waals surface area contributed by atoms with Crippen molar-refractivity contribution in [1.29, 1.82) is 0 Å². The third kappa shape index (κ3) is 1.20. The van der Waals surface area contributed by atoms with Gasteiger partial charge in [0.1, 0.15) is 0 Å². The molecular weight excluding hydrogens is 179 g/mol. The Bertz CT molecular complexity index is 300. The molecule has 0 saturated heterocycles. The van der Waals surface area contributed by atoms with Gasteiger partial charge in [0, 0.05) is 12.4 Å². The number of hydrogen-bond donors (Lipinski definition) is 0. The molecule has 1 saturated carbocycles. The van der Waals surface area contributed by atoms with Crippen molar-refractivity contribution in [3.05, 3.63) is 30.1 Å². The Kier molecular flexibility index (Phi) is 1.62. The number of hydrogen-bond acceptors (Lipinski definition) is 1. The van der Waals surface area contributed by atoms with Crippen LogP contribution in [0.2, 0.25) is 0 Å². The fraction of sp³-hybridized carbons (Fsp3) is 0.444. The molecule has 13 heavy (non-hydrogen) atoms. The van der Waals surface area contributed by atoms with Crippen molar-refractivity contribution in [1.82, 2.24) is 4.98 Å². The topological polar surface area (TPSA) is 12.9 Å². The average molecular weight is 187 g/mol. The molecule has 1 nitrogen and oxygen atoms in total. The molecular formula is C9H8F3N. The fourth-order valence-electron chi connectivity index (χ4n) is 1.53. The Balaban J connectivity index is 2.37. The molecule has 0 radical (unpaired) electrons. The lowest BCUT2D eigenvalue weighted by Crippen LogP contribution is -2.28. The zero-order valence-corrected chi connectivity index (χ0v) is 6.80. The van der Waals surface area contributed by atoms with Crippen LogP contribution in [0.1, 0.15) is 18.4 Å². The molecule has 1 aliphatic carbocycles. The van der Waals surface area contributed by atoms with E-state index in [4.69, 9.17) is 0 Å². The molecule has 70 valence electrons. The highest BCUT2D eigenvalue weighted by Gasteiger charge is 2.64. The van der Waals surface area contributed by atoms with Gasteiger partial charge >= 0.3 is 6.18 Å². The van der Waals surface area contributed by atoms with Gasteiger partial charge in [-0.2, -0.15) is 13.2 Å². The Labute approximate surface area is 73.6 Å². The Morgan fingerprint density at radius 2 is 1.69 bits per heavy atom. The molecule has 0 spiro atoms. The van der Waals surface area contributed by atoms with Gasteiger partial charge in [-0.15, -0.1) is 0 Å². The summed E-state index contributed by atoms with van der Waals surface area (Å²) in [5.74, 6) is 0. The minimum atomic E-state index is -4.12.